The Labute approximate surface area is 91.6 Å². The summed E-state index contributed by atoms with van der Waals surface area (Å²) >= 11 is 0. The fraction of sp³-hybridized carbons (Fsp3) is 0.462. The summed E-state index contributed by atoms with van der Waals surface area (Å²) in [7, 11) is 0. The molecule has 1 aromatic rings. The molecule has 1 aromatic carbocycles. The molecule has 2 heteroatoms. The number of hydrogen-bond donors (Lipinski definition) is 1. The Balaban J connectivity index is 3.33. The molecule has 0 saturated carbocycles. The molecule has 0 bridgehead atoms. The van der Waals surface area contributed by atoms with Crippen LogP contribution in [0.1, 0.15) is 43.0 Å². The highest BCUT2D eigenvalue weighted by Gasteiger charge is 2.08. The molecule has 0 aliphatic heterocycles. The zero-order chi connectivity index (χ0) is 11.3. The first kappa shape index (κ1) is 11.8. The Bertz CT molecular complexity index is 356. The Morgan fingerprint density at radius 2 is 1.73 bits per heavy atom. The summed E-state index contributed by atoms with van der Waals surface area (Å²) in [5.41, 5.74) is 5.17. The zero-order valence-corrected chi connectivity index (χ0v) is 9.75. The minimum Gasteiger partial charge on any atom is -0.411 e. The van der Waals surface area contributed by atoms with Crippen molar-refractivity contribution in [1.82, 2.24) is 0 Å². The van der Waals surface area contributed by atoms with Gasteiger partial charge >= 0.3 is 0 Å². The summed E-state index contributed by atoms with van der Waals surface area (Å²) in [4.78, 5) is 0. The highest BCUT2D eigenvalue weighted by Crippen LogP contribution is 2.20. The number of oxime groups is 1. The van der Waals surface area contributed by atoms with E-state index in [0.717, 1.165) is 24.8 Å². The second-order valence-corrected chi connectivity index (χ2v) is 3.58. The van der Waals surface area contributed by atoms with Gasteiger partial charge in [0.1, 0.15) is 0 Å². The number of nitrogens with zero attached hydrogens (tertiary/aromatic N) is 1. The van der Waals surface area contributed by atoms with Gasteiger partial charge in [0.15, 0.2) is 0 Å². The van der Waals surface area contributed by atoms with Gasteiger partial charge in [0.25, 0.3) is 0 Å². The minimum absolute atomic E-state index is 0.984. The van der Waals surface area contributed by atoms with Crippen molar-refractivity contribution in [2.45, 2.75) is 40.0 Å². The summed E-state index contributed by atoms with van der Waals surface area (Å²) in [5.74, 6) is 0. The predicted octanol–water partition coefficient (Wildman–Crippen LogP) is 3.18. The van der Waals surface area contributed by atoms with E-state index in [4.69, 9.17) is 5.21 Å². The Kier molecular flexibility index (Phi) is 4.35. The van der Waals surface area contributed by atoms with E-state index in [9.17, 15) is 0 Å². The molecule has 0 atom stereocenters. The van der Waals surface area contributed by atoms with Crippen molar-refractivity contribution in [3.8, 4) is 0 Å². The second-order valence-electron chi connectivity index (χ2n) is 3.58. The molecule has 0 unspecified atom stereocenters. The van der Waals surface area contributed by atoms with Gasteiger partial charge in [0.2, 0.25) is 0 Å². The maximum absolute atomic E-state index is 8.60. The van der Waals surface area contributed by atoms with Gasteiger partial charge in [-0.3, -0.25) is 0 Å². The summed E-state index contributed by atoms with van der Waals surface area (Å²) in [6.07, 6.45) is 4.61. The van der Waals surface area contributed by atoms with E-state index in [1.165, 1.54) is 22.9 Å². The van der Waals surface area contributed by atoms with Crippen molar-refractivity contribution in [3.05, 3.63) is 34.4 Å². The monoisotopic (exact) mass is 205 g/mol. The lowest BCUT2D eigenvalue weighted by atomic mass is 9.92. The first-order valence-electron chi connectivity index (χ1n) is 5.59. The first-order chi connectivity index (χ1) is 7.28. The van der Waals surface area contributed by atoms with Crippen LogP contribution in [0.25, 0.3) is 0 Å². The number of hydrogen-bond acceptors (Lipinski definition) is 2. The van der Waals surface area contributed by atoms with Crippen LogP contribution in [-0.4, -0.2) is 11.4 Å². The molecule has 0 aromatic heterocycles. The number of benzene rings is 1. The van der Waals surface area contributed by atoms with Crippen LogP contribution in [0.15, 0.2) is 17.3 Å². The van der Waals surface area contributed by atoms with Gasteiger partial charge in [0, 0.05) is 0 Å². The lowest BCUT2D eigenvalue weighted by Crippen LogP contribution is -2.02. The Hall–Kier alpha value is -1.31. The third kappa shape index (κ3) is 2.38. The van der Waals surface area contributed by atoms with Gasteiger partial charge in [-0.15, -0.1) is 0 Å². The molecule has 0 radical (unpaired) electrons. The highest BCUT2D eigenvalue weighted by molar-refractivity contribution is 5.82. The summed E-state index contributed by atoms with van der Waals surface area (Å²) in [6, 6.07) is 4.17. The molecule has 1 N–H and O–H groups in total. The van der Waals surface area contributed by atoms with Gasteiger partial charge in [-0.25, -0.2) is 0 Å². The van der Waals surface area contributed by atoms with Crippen LogP contribution < -0.4 is 0 Å². The maximum Gasteiger partial charge on any atom is 0.0736 e. The van der Waals surface area contributed by atoms with Gasteiger partial charge in [-0.1, -0.05) is 38.1 Å². The molecule has 0 fully saturated rings. The average Bonchev–Trinajstić information content (AvgIpc) is 2.28. The molecule has 0 aliphatic carbocycles. The molecule has 0 saturated heterocycles. The molecule has 1 rings (SSSR count). The second kappa shape index (κ2) is 5.54. The summed E-state index contributed by atoms with van der Waals surface area (Å²) < 4.78 is 0. The number of aryl methyl sites for hydroxylation is 1. The van der Waals surface area contributed by atoms with Crippen molar-refractivity contribution in [3.63, 3.8) is 0 Å². The molecule has 0 heterocycles. The Morgan fingerprint density at radius 1 is 1.07 bits per heavy atom. The van der Waals surface area contributed by atoms with Crippen molar-refractivity contribution in [1.29, 1.82) is 0 Å². The van der Waals surface area contributed by atoms with E-state index in [-0.39, 0.29) is 0 Å². The smallest absolute Gasteiger partial charge is 0.0736 e. The molecule has 82 valence electrons. The van der Waals surface area contributed by atoms with Crippen LogP contribution in [0.2, 0.25) is 0 Å². The van der Waals surface area contributed by atoms with Crippen molar-refractivity contribution >= 4 is 6.21 Å². The van der Waals surface area contributed by atoms with Crippen LogP contribution in [0.3, 0.4) is 0 Å². The van der Waals surface area contributed by atoms with Crippen LogP contribution in [0.4, 0.5) is 0 Å². The van der Waals surface area contributed by atoms with Crippen molar-refractivity contribution < 1.29 is 5.21 Å². The molecular formula is C13H19NO. The van der Waals surface area contributed by atoms with Gasteiger partial charge < -0.3 is 5.21 Å². The highest BCUT2D eigenvalue weighted by atomic mass is 16.4. The average molecular weight is 205 g/mol. The van der Waals surface area contributed by atoms with Crippen molar-refractivity contribution in [2.75, 3.05) is 0 Å². The Morgan fingerprint density at radius 3 is 2.20 bits per heavy atom. The predicted molar refractivity (Wildman–Crippen MR) is 64.0 cm³/mol. The fourth-order valence-electron chi connectivity index (χ4n) is 2.13. The molecule has 15 heavy (non-hydrogen) atoms. The van der Waals surface area contributed by atoms with E-state index < -0.39 is 0 Å². The molecule has 0 spiro atoms. The van der Waals surface area contributed by atoms with E-state index in [0.29, 0.717) is 0 Å². The van der Waals surface area contributed by atoms with E-state index in [2.05, 4.69) is 32.0 Å². The number of rotatable bonds is 4. The topological polar surface area (TPSA) is 32.6 Å². The van der Waals surface area contributed by atoms with Crippen LogP contribution >= 0.6 is 0 Å². The SMILES string of the molecule is CCc1ccc(C=NO)c(CC)c1CC. The maximum atomic E-state index is 8.60. The lowest BCUT2D eigenvalue weighted by molar-refractivity contribution is 0.322. The van der Waals surface area contributed by atoms with Crippen LogP contribution in [0, 0.1) is 0 Å². The zero-order valence-electron chi connectivity index (χ0n) is 9.75. The van der Waals surface area contributed by atoms with E-state index in [1.807, 2.05) is 6.07 Å². The fourth-order valence-corrected chi connectivity index (χ4v) is 2.13. The summed E-state index contributed by atoms with van der Waals surface area (Å²) in [5, 5.41) is 11.7. The van der Waals surface area contributed by atoms with E-state index >= 15 is 0 Å². The molecule has 0 aliphatic rings. The first-order valence-corrected chi connectivity index (χ1v) is 5.59. The molecular weight excluding hydrogens is 186 g/mol. The van der Waals surface area contributed by atoms with Crippen LogP contribution in [0.5, 0.6) is 0 Å². The van der Waals surface area contributed by atoms with Crippen LogP contribution in [-0.2, 0) is 19.3 Å². The third-order valence-corrected chi connectivity index (χ3v) is 2.85. The van der Waals surface area contributed by atoms with Crippen molar-refractivity contribution in [2.24, 2.45) is 5.16 Å². The normalized spacial score (nSPS) is 11.1. The molecule has 2 nitrogen and oxygen atoms in total. The lowest BCUT2D eigenvalue weighted by Gasteiger charge is -2.13. The summed E-state index contributed by atoms with van der Waals surface area (Å²) in [6.45, 7) is 6.49. The van der Waals surface area contributed by atoms with E-state index in [1.54, 1.807) is 0 Å². The minimum atomic E-state index is 0.984. The quantitative estimate of drug-likeness (QED) is 0.457. The standard InChI is InChI=1S/C13H19NO/c1-4-10-7-8-11(9-14-15)13(6-3)12(10)5-2/h7-9,15H,4-6H2,1-3H3. The third-order valence-electron chi connectivity index (χ3n) is 2.85. The van der Waals surface area contributed by atoms with Gasteiger partial charge in [0.05, 0.1) is 6.21 Å². The van der Waals surface area contributed by atoms with Gasteiger partial charge in [-0.2, -0.15) is 0 Å². The largest absolute Gasteiger partial charge is 0.411 e. The molecule has 0 amide bonds. The van der Waals surface area contributed by atoms with Gasteiger partial charge in [-0.05, 0) is 41.5 Å².